The molecule has 4 heteroatoms. The smallest absolute Gasteiger partial charge is 0.162 e. The summed E-state index contributed by atoms with van der Waals surface area (Å²) in [6.45, 7) is 1.82. The molecule has 12 heavy (non-hydrogen) atoms. The van der Waals surface area contributed by atoms with E-state index in [4.69, 9.17) is 0 Å². The minimum absolute atomic E-state index is 0.103. The molecular formula is C8H8Br2O2. The molecule has 0 spiro atoms. The van der Waals surface area contributed by atoms with E-state index in [1.165, 1.54) is 6.07 Å². The topological polar surface area (TPSA) is 40.5 Å². The number of aromatic hydroxyl groups is 2. The Morgan fingerprint density at radius 3 is 2.25 bits per heavy atom. The highest BCUT2D eigenvalue weighted by Crippen LogP contribution is 2.44. The van der Waals surface area contributed by atoms with E-state index in [1.807, 2.05) is 6.92 Å². The molecule has 2 N–H and O–H groups in total. The second-order valence-corrected chi connectivity index (χ2v) is 6.80. The molecule has 1 aromatic rings. The van der Waals surface area contributed by atoms with Crippen LogP contribution in [0.5, 0.6) is 11.5 Å². The monoisotopic (exact) mass is 294 g/mol. The third kappa shape index (κ3) is 1.93. The van der Waals surface area contributed by atoms with E-state index in [1.54, 1.807) is 12.1 Å². The van der Waals surface area contributed by atoms with Crippen LogP contribution in [-0.4, -0.2) is 10.2 Å². The summed E-state index contributed by atoms with van der Waals surface area (Å²) < 4.78 is -0.511. The maximum atomic E-state index is 9.42. The number of halogens is 2. The van der Waals surface area contributed by atoms with Crippen LogP contribution in [0.3, 0.4) is 0 Å². The van der Waals surface area contributed by atoms with Crippen LogP contribution in [0.4, 0.5) is 0 Å². The largest absolute Gasteiger partial charge is 0.504 e. The normalized spacial score (nSPS) is 11.6. The fraction of sp³-hybridized carbons (Fsp3) is 0.250. The molecule has 0 saturated heterocycles. The first kappa shape index (κ1) is 9.86. The summed E-state index contributed by atoms with van der Waals surface area (Å²) in [6, 6.07) is 4.83. The molecule has 66 valence electrons. The Labute approximate surface area is 87.5 Å². The fourth-order valence-corrected chi connectivity index (χ4v) is 1.53. The van der Waals surface area contributed by atoms with Crippen molar-refractivity contribution in [3.63, 3.8) is 0 Å². The molecule has 0 fully saturated rings. The summed E-state index contributed by atoms with van der Waals surface area (Å²) in [6.07, 6.45) is 0. The van der Waals surface area contributed by atoms with Crippen molar-refractivity contribution in [2.75, 3.05) is 0 Å². The summed E-state index contributed by atoms with van der Waals surface area (Å²) in [5.41, 5.74) is 0.600. The summed E-state index contributed by atoms with van der Waals surface area (Å²) in [5, 5.41) is 18.6. The summed E-state index contributed by atoms with van der Waals surface area (Å²) in [4.78, 5) is 0. The summed E-state index contributed by atoms with van der Waals surface area (Å²) >= 11 is 6.63. The minimum atomic E-state index is -0.511. The third-order valence-corrected chi connectivity index (χ3v) is 2.34. The fourth-order valence-electron chi connectivity index (χ4n) is 0.886. The lowest BCUT2D eigenvalue weighted by Gasteiger charge is -2.16. The Kier molecular flexibility index (Phi) is 2.68. The first-order valence-corrected chi connectivity index (χ1v) is 4.91. The third-order valence-electron chi connectivity index (χ3n) is 1.49. The average Bonchev–Trinajstić information content (AvgIpc) is 1.92. The van der Waals surface area contributed by atoms with Crippen LogP contribution in [0, 0.1) is 0 Å². The Morgan fingerprint density at radius 2 is 1.83 bits per heavy atom. The summed E-state index contributed by atoms with van der Waals surface area (Å²) in [7, 11) is 0. The zero-order valence-corrected chi connectivity index (χ0v) is 9.55. The standard InChI is InChI=1S/C8H8Br2O2/c1-8(9,10)5-3-2-4-6(11)7(5)12/h2-4,11-12H,1H3. The molecule has 0 aliphatic carbocycles. The second kappa shape index (κ2) is 3.26. The van der Waals surface area contributed by atoms with Gasteiger partial charge in [0.1, 0.15) is 3.23 Å². The van der Waals surface area contributed by atoms with Crippen molar-refractivity contribution in [3.8, 4) is 11.5 Å². The molecule has 0 bridgehead atoms. The molecule has 0 atom stereocenters. The Balaban J connectivity index is 3.26. The van der Waals surface area contributed by atoms with E-state index in [9.17, 15) is 10.2 Å². The van der Waals surface area contributed by atoms with Crippen molar-refractivity contribution in [3.05, 3.63) is 23.8 Å². The Morgan fingerprint density at radius 1 is 1.25 bits per heavy atom. The molecular weight excluding hydrogens is 288 g/mol. The van der Waals surface area contributed by atoms with E-state index in [0.717, 1.165) is 0 Å². The Bertz CT molecular complexity index is 292. The molecule has 0 aliphatic heterocycles. The lowest BCUT2D eigenvalue weighted by atomic mass is 10.1. The molecule has 0 unspecified atom stereocenters. The molecule has 1 rings (SSSR count). The molecule has 0 aliphatic rings. The van der Waals surface area contributed by atoms with Crippen LogP contribution in [0.1, 0.15) is 12.5 Å². The van der Waals surface area contributed by atoms with Gasteiger partial charge in [0.25, 0.3) is 0 Å². The van der Waals surface area contributed by atoms with Crippen molar-refractivity contribution in [1.82, 2.24) is 0 Å². The minimum Gasteiger partial charge on any atom is -0.504 e. The molecule has 2 nitrogen and oxygen atoms in total. The van der Waals surface area contributed by atoms with Crippen LogP contribution in [-0.2, 0) is 3.23 Å². The van der Waals surface area contributed by atoms with E-state index in [0.29, 0.717) is 5.56 Å². The number of rotatable bonds is 1. The number of phenols is 2. The number of para-hydroxylation sites is 1. The first-order chi connectivity index (χ1) is 5.43. The SMILES string of the molecule is CC(Br)(Br)c1cccc(O)c1O. The van der Waals surface area contributed by atoms with Gasteiger partial charge in [-0.15, -0.1) is 0 Å². The van der Waals surface area contributed by atoms with Gasteiger partial charge in [-0.1, -0.05) is 44.0 Å². The highest BCUT2D eigenvalue weighted by Gasteiger charge is 2.23. The lowest BCUT2D eigenvalue weighted by Crippen LogP contribution is -2.01. The maximum Gasteiger partial charge on any atom is 0.162 e. The number of hydrogen-bond donors (Lipinski definition) is 2. The van der Waals surface area contributed by atoms with Crippen LogP contribution in [0.15, 0.2) is 18.2 Å². The van der Waals surface area contributed by atoms with E-state index in [-0.39, 0.29) is 11.5 Å². The van der Waals surface area contributed by atoms with Gasteiger partial charge in [-0.3, -0.25) is 0 Å². The zero-order valence-electron chi connectivity index (χ0n) is 6.38. The van der Waals surface area contributed by atoms with Gasteiger partial charge in [-0.05, 0) is 13.0 Å². The van der Waals surface area contributed by atoms with Crippen LogP contribution in [0.25, 0.3) is 0 Å². The Hall–Kier alpha value is -0.220. The molecule has 0 heterocycles. The van der Waals surface area contributed by atoms with Crippen LogP contribution in [0.2, 0.25) is 0 Å². The van der Waals surface area contributed by atoms with Crippen molar-refractivity contribution in [2.45, 2.75) is 10.2 Å². The molecule has 0 radical (unpaired) electrons. The average molecular weight is 296 g/mol. The van der Waals surface area contributed by atoms with Gasteiger partial charge < -0.3 is 10.2 Å². The van der Waals surface area contributed by atoms with Gasteiger partial charge in [0, 0.05) is 5.56 Å². The molecule has 0 aromatic heterocycles. The molecule has 0 saturated carbocycles. The van der Waals surface area contributed by atoms with E-state index in [2.05, 4.69) is 31.9 Å². The van der Waals surface area contributed by atoms with Gasteiger partial charge in [0.05, 0.1) is 0 Å². The van der Waals surface area contributed by atoms with E-state index < -0.39 is 3.23 Å². The number of benzene rings is 1. The van der Waals surface area contributed by atoms with Crippen LogP contribution >= 0.6 is 31.9 Å². The quantitative estimate of drug-likeness (QED) is 0.617. The predicted octanol–water partition coefficient (Wildman–Crippen LogP) is 3.06. The van der Waals surface area contributed by atoms with Crippen molar-refractivity contribution < 1.29 is 10.2 Å². The van der Waals surface area contributed by atoms with Crippen LogP contribution < -0.4 is 0 Å². The summed E-state index contributed by atoms with van der Waals surface area (Å²) in [5.74, 6) is -0.216. The van der Waals surface area contributed by atoms with Gasteiger partial charge in [0.2, 0.25) is 0 Å². The second-order valence-electron chi connectivity index (χ2n) is 2.56. The van der Waals surface area contributed by atoms with Gasteiger partial charge in [-0.25, -0.2) is 0 Å². The van der Waals surface area contributed by atoms with Gasteiger partial charge in [0.15, 0.2) is 11.5 Å². The van der Waals surface area contributed by atoms with Crippen molar-refractivity contribution in [1.29, 1.82) is 0 Å². The first-order valence-electron chi connectivity index (χ1n) is 3.32. The number of phenolic OH excluding ortho intramolecular Hbond substituents is 2. The molecule has 1 aromatic carbocycles. The highest BCUT2D eigenvalue weighted by atomic mass is 79.9. The highest BCUT2D eigenvalue weighted by molar-refractivity contribution is 9.24. The van der Waals surface area contributed by atoms with Crippen molar-refractivity contribution in [2.24, 2.45) is 0 Å². The van der Waals surface area contributed by atoms with Gasteiger partial charge >= 0.3 is 0 Å². The number of hydrogen-bond acceptors (Lipinski definition) is 2. The van der Waals surface area contributed by atoms with Crippen molar-refractivity contribution >= 4 is 31.9 Å². The lowest BCUT2D eigenvalue weighted by molar-refractivity contribution is 0.399. The van der Waals surface area contributed by atoms with Gasteiger partial charge in [-0.2, -0.15) is 0 Å². The maximum absolute atomic E-state index is 9.42. The number of alkyl halides is 2. The zero-order chi connectivity index (χ0) is 9.35. The molecule has 0 amide bonds. The predicted molar refractivity (Wildman–Crippen MR) is 55.0 cm³/mol. The van der Waals surface area contributed by atoms with E-state index >= 15 is 0 Å².